The van der Waals surface area contributed by atoms with Gasteiger partial charge in [0.25, 0.3) is 0 Å². The summed E-state index contributed by atoms with van der Waals surface area (Å²) in [7, 11) is 0. The molecule has 1 N–H and O–H groups in total. The van der Waals surface area contributed by atoms with E-state index in [1.165, 1.54) is 16.6 Å². The number of fused-ring (bicyclic) bond motifs is 1. The van der Waals surface area contributed by atoms with Crippen molar-refractivity contribution in [1.29, 1.82) is 0 Å². The number of hydrogen-bond donors (Lipinski definition) is 1. The van der Waals surface area contributed by atoms with Gasteiger partial charge in [-0.25, -0.2) is 4.98 Å². The molecule has 0 aliphatic heterocycles. The van der Waals surface area contributed by atoms with Gasteiger partial charge in [-0.2, -0.15) is 0 Å². The van der Waals surface area contributed by atoms with Crippen molar-refractivity contribution in [2.75, 3.05) is 0 Å². The fourth-order valence-corrected chi connectivity index (χ4v) is 2.94. The Labute approximate surface area is 132 Å². The minimum atomic E-state index is 0.216. The Morgan fingerprint density at radius 1 is 1.14 bits per heavy atom. The molecule has 0 aliphatic rings. The average molecular weight is 293 g/mol. The van der Waals surface area contributed by atoms with Crippen LogP contribution in [0.3, 0.4) is 0 Å². The Morgan fingerprint density at radius 2 is 1.95 bits per heavy atom. The number of aromatic nitrogens is 2. The molecule has 2 aromatic carbocycles. The molecule has 22 heavy (non-hydrogen) atoms. The van der Waals surface area contributed by atoms with E-state index in [4.69, 9.17) is 4.98 Å². The van der Waals surface area contributed by atoms with Crippen LogP contribution in [-0.4, -0.2) is 9.55 Å². The Bertz CT molecular complexity index is 773. The van der Waals surface area contributed by atoms with E-state index in [0.717, 1.165) is 24.4 Å². The largest absolute Gasteiger partial charge is 0.327 e. The molecular weight excluding hydrogens is 270 g/mol. The summed E-state index contributed by atoms with van der Waals surface area (Å²) in [6, 6.07) is 17.2. The molecule has 0 saturated carbocycles. The van der Waals surface area contributed by atoms with Crippen molar-refractivity contribution in [1.82, 2.24) is 14.9 Å². The number of rotatable bonds is 5. The van der Waals surface area contributed by atoms with Crippen molar-refractivity contribution in [3.8, 4) is 0 Å². The Morgan fingerprint density at radius 3 is 2.73 bits per heavy atom. The second-order valence-corrected chi connectivity index (χ2v) is 5.79. The van der Waals surface area contributed by atoms with Crippen molar-refractivity contribution in [2.45, 2.75) is 39.9 Å². The molecule has 1 heterocycles. The lowest BCUT2D eigenvalue weighted by molar-refractivity contribution is 0.521. The van der Waals surface area contributed by atoms with Crippen LogP contribution in [0.25, 0.3) is 11.0 Å². The van der Waals surface area contributed by atoms with Crippen LogP contribution in [0.15, 0.2) is 48.5 Å². The van der Waals surface area contributed by atoms with E-state index in [1.54, 1.807) is 0 Å². The van der Waals surface area contributed by atoms with Crippen molar-refractivity contribution in [3.63, 3.8) is 0 Å². The van der Waals surface area contributed by atoms with Gasteiger partial charge in [0, 0.05) is 13.1 Å². The summed E-state index contributed by atoms with van der Waals surface area (Å²) in [6.45, 7) is 8.28. The first-order valence-corrected chi connectivity index (χ1v) is 7.93. The summed E-state index contributed by atoms with van der Waals surface area (Å²) >= 11 is 0. The summed E-state index contributed by atoms with van der Waals surface area (Å²) in [5.41, 5.74) is 4.89. The van der Waals surface area contributed by atoms with Crippen molar-refractivity contribution in [3.05, 3.63) is 65.5 Å². The fraction of sp³-hybridized carbons (Fsp3) is 0.316. The smallest absolute Gasteiger partial charge is 0.126 e. The van der Waals surface area contributed by atoms with Crippen molar-refractivity contribution in [2.24, 2.45) is 0 Å². The number of nitrogens with zero attached hydrogens (tertiary/aromatic N) is 2. The van der Waals surface area contributed by atoms with Crippen LogP contribution < -0.4 is 5.32 Å². The van der Waals surface area contributed by atoms with Gasteiger partial charge in [-0.1, -0.05) is 42.0 Å². The van der Waals surface area contributed by atoms with Crippen LogP contribution in [0.5, 0.6) is 0 Å². The van der Waals surface area contributed by atoms with Gasteiger partial charge >= 0.3 is 0 Å². The molecule has 0 radical (unpaired) electrons. The van der Waals surface area contributed by atoms with Gasteiger partial charge in [-0.15, -0.1) is 0 Å². The third-order valence-corrected chi connectivity index (χ3v) is 4.08. The minimum absolute atomic E-state index is 0.216. The van der Waals surface area contributed by atoms with Gasteiger partial charge in [0.1, 0.15) is 5.82 Å². The van der Waals surface area contributed by atoms with Gasteiger partial charge < -0.3 is 9.88 Å². The topological polar surface area (TPSA) is 29.9 Å². The third kappa shape index (κ3) is 2.90. The van der Waals surface area contributed by atoms with Gasteiger partial charge in [0.15, 0.2) is 0 Å². The zero-order valence-corrected chi connectivity index (χ0v) is 13.5. The molecule has 0 aliphatic carbocycles. The number of nitrogens with one attached hydrogen (secondary N) is 1. The van der Waals surface area contributed by atoms with Crippen LogP contribution in [0.4, 0.5) is 0 Å². The molecule has 1 atom stereocenters. The monoisotopic (exact) mass is 293 g/mol. The zero-order chi connectivity index (χ0) is 15.5. The standard InChI is InChI=1S/C19H23N3/c1-4-22-18-11-6-5-10-17(18)21-19(22)15(3)20-13-16-9-7-8-14(2)12-16/h5-12,15,20H,4,13H2,1-3H3. The quantitative estimate of drug-likeness (QED) is 0.763. The normalized spacial score (nSPS) is 12.7. The lowest BCUT2D eigenvalue weighted by Crippen LogP contribution is -2.21. The number of imidazole rings is 1. The number of aryl methyl sites for hydroxylation is 2. The highest BCUT2D eigenvalue weighted by Gasteiger charge is 2.15. The first-order valence-electron chi connectivity index (χ1n) is 7.93. The van der Waals surface area contributed by atoms with E-state index in [9.17, 15) is 0 Å². The summed E-state index contributed by atoms with van der Waals surface area (Å²) < 4.78 is 2.29. The van der Waals surface area contributed by atoms with Gasteiger partial charge in [0.2, 0.25) is 0 Å². The number of benzene rings is 2. The third-order valence-electron chi connectivity index (χ3n) is 4.08. The van der Waals surface area contributed by atoms with Crippen molar-refractivity contribution >= 4 is 11.0 Å². The first-order chi connectivity index (χ1) is 10.7. The lowest BCUT2D eigenvalue weighted by atomic mass is 10.1. The van der Waals surface area contributed by atoms with Gasteiger partial charge in [0.05, 0.1) is 17.1 Å². The van der Waals surface area contributed by atoms with Crippen LogP contribution in [0.1, 0.15) is 36.8 Å². The maximum atomic E-state index is 4.81. The molecule has 1 aromatic heterocycles. The maximum absolute atomic E-state index is 4.81. The molecule has 3 rings (SSSR count). The molecule has 3 heteroatoms. The zero-order valence-electron chi connectivity index (χ0n) is 13.5. The van der Waals surface area contributed by atoms with E-state index in [0.29, 0.717) is 0 Å². The summed E-state index contributed by atoms with van der Waals surface area (Å²) in [6.07, 6.45) is 0. The second-order valence-electron chi connectivity index (χ2n) is 5.79. The first kappa shape index (κ1) is 14.8. The Hall–Kier alpha value is -2.13. The molecule has 0 bridgehead atoms. The molecular formula is C19H23N3. The second kappa shape index (κ2) is 6.32. The predicted molar refractivity (Wildman–Crippen MR) is 91.8 cm³/mol. The Balaban J connectivity index is 1.81. The molecule has 114 valence electrons. The molecule has 1 unspecified atom stereocenters. The Kier molecular flexibility index (Phi) is 4.25. The minimum Gasteiger partial charge on any atom is -0.327 e. The van der Waals surface area contributed by atoms with Gasteiger partial charge in [-0.3, -0.25) is 0 Å². The van der Waals surface area contributed by atoms with E-state index < -0.39 is 0 Å². The van der Waals surface area contributed by atoms with Crippen molar-refractivity contribution < 1.29 is 0 Å². The summed E-state index contributed by atoms with van der Waals surface area (Å²) in [5, 5.41) is 3.59. The molecule has 3 nitrogen and oxygen atoms in total. The molecule has 0 fully saturated rings. The molecule has 0 amide bonds. The molecule has 3 aromatic rings. The highest BCUT2D eigenvalue weighted by atomic mass is 15.1. The van der Waals surface area contributed by atoms with Crippen LogP contribution in [0.2, 0.25) is 0 Å². The van der Waals surface area contributed by atoms with E-state index in [-0.39, 0.29) is 6.04 Å². The number of para-hydroxylation sites is 2. The summed E-state index contributed by atoms with van der Waals surface area (Å²) in [5.74, 6) is 1.11. The highest BCUT2D eigenvalue weighted by Crippen LogP contribution is 2.21. The van der Waals surface area contributed by atoms with Crippen LogP contribution in [-0.2, 0) is 13.1 Å². The lowest BCUT2D eigenvalue weighted by Gasteiger charge is -2.15. The van der Waals surface area contributed by atoms with E-state index >= 15 is 0 Å². The van der Waals surface area contributed by atoms with E-state index in [1.807, 2.05) is 6.07 Å². The maximum Gasteiger partial charge on any atom is 0.126 e. The van der Waals surface area contributed by atoms with Gasteiger partial charge in [-0.05, 0) is 38.5 Å². The predicted octanol–water partition coefficient (Wildman–Crippen LogP) is 4.22. The molecule has 0 saturated heterocycles. The SMILES string of the molecule is CCn1c(C(C)NCc2cccc(C)c2)nc2ccccc21. The van der Waals surface area contributed by atoms with Crippen LogP contribution >= 0.6 is 0 Å². The molecule has 0 spiro atoms. The fourth-order valence-electron chi connectivity index (χ4n) is 2.94. The van der Waals surface area contributed by atoms with E-state index in [2.05, 4.69) is 73.1 Å². The number of hydrogen-bond acceptors (Lipinski definition) is 2. The highest BCUT2D eigenvalue weighted by molar-refractivity contribution is 5.76. The summed E-state index contributed by atoms with van der Waals surface area (Å²) in [4.78, 5) is 4.81. The average Bonchev–Trinajstić information content (AvgIpc) is 2.91. The van der Waals surface area contributed by atoms with Crippen LogP contribution in [0, 0.1) is 6.92 Å².